The molecule has 1 aliphatic rings. The predicted molar refractivity (Wildman–Crippen MR) is 54.5 cm³/mol. The van der Waals surface area contributed by atoms with E-state index >= 15 is 0 Å². The summed E-state index contributed by atoms with van der Waals surface area (Å²) < 4.78 is 22.9. The molecule has 1 heterocycles. The predicted octanol–water partition coefficient (Wildman–Crippen LogP) is 0.809. The van der Waals surface area contributed by atoms with Crippen LogP contribution in [0.1, 0.15) is 26.7 Å². The lowest BCUT2D eigenvalue weighted by molar-refractivity contribution is 0.542. The molecule has 0 aromatic heterocycles. The molecular formula is C9H19NO2S. The van der Waals surface area contributed by atoms with Crippen molar-refractivity contribution in [2.45, 2.75) is 31.9 Å². The Hall–Kier alpha value is -0.0900. The van der Waals surface area contributed by atoms with Gasteiger partial charge in [-0.05, 0) is 45.7 Å². The first-order valence-electron chi connectivity index (χ1n) is 4.94. The van der Waals surface area contributed by atoms with Gasteiger partial charge < -0.3 is 5.32 Å². The molecule has 1 rings (SSSR count). The molecule has 78 valence electrons. The van der Waals surface area contributed by atoms with E-state index in [1.54, 1.807) is 13.8 Å². The maximum Gasteiger partial charge on any atom is 0.152 e. The topological polar surface area (TPSA) is 46.2 Å². The zero-order valence-electron chi connectivity index (χ0n) is 8.41. The van der Waals surface area contributed by atoms with Crippen LogP contribution in [-0.4, -0.2) is 32.5 Å². The lowest BCUT2D eigenvalue weighted by Gasteiger charge is -2.10. The van der Waals surface area contributed by atoms with Crippen molar-refractivity contribution < 1.29 is 8.42 Å². The summed E-state index contributed by atoms with van der Waals surface area (Å²) in [6.45, 7) is 5.55. The molecule has 0 aliphatic carbocycles. The Kier molecular flexibility index (Phi) is 3.74. The van der Waals surface area contributed by atoms with Crippen LogP contribution in [0.3, 0.4) is 0 Å². The Morgan fingerprint density at radius 1 is 1.46 bits per heavy atom. The van der Waals surface area contributed by atoms with Gasteiger partial charge in [0.2, 0.25) is 0 Å². The second-order valence-electron chi connectivity index (χ2n) is 4.06. The van der Waals surface area contributed by atoms with E-state index < -0.39 is 9.84 Å². The number of hydrogen-bond donors (Lipinski definition) is 1. The Balaban J connectivity index is 2.33. The van der Waals surface area contributed by atoms with Crippen molar-refractivity contribution in [1.82, 2.24) is 5.32 Å². The van der Waals surface area contributed by atoms with E-state index in [1.165, 1.54) is 0 Å². The molecule has 1 atom stereocenters. The number of nitrogens with one attached hydrogen (secondary N) is 1. The largest absolute Gasteiger partial charge is 0.316 e. The van der Waals surface area contributed by atoms with Gasteiger partial charge in [0.05, 0.1) is 11.0 Å². The highest BCUT2D eigenvalue weighted by Crippen LogP contribution is 2.14. The fourth-order valence-electron chi connectivity index (χ4n) is 1.53. The standard InChI is InChI=1S/C9H19NO2S/c1-8(2)13(11,12)6-4-9-3-5-10-7-9/h8-10H,3-7H2,1-2H3/t9-/m1/s1. The monoisotopic (exact) mass is 205 g/mol. The Bertz CT molecular complexity index is 240. The van der Waals surface area contributed by atoms with Gasteiger partial charge in [-0.3, -0.25) is 0 Å². The summed E-state index contributed by atoms with van der Waals surface area (Å²) in [5.74, 6) is 0.935. The fraction of sp³-hybridized carbons (Fsp3) is 1.00. The summed E-state index contributed by atoms with van der Waals surface area (Å²) in [5.41, 5.74) is 0. The highest BCUT2D eigenvalue weighted by Gasteiger charge is 2.20. The second kappa shape index (κ2) is 4.42. The Morgan fingerprint density at radius 3 is 2.62 bits per heavy atom. The van der Waals surface area contributed by atoms with Gasteiger partial charge in [-0.15, -0.1) is 0 Å². The van der Waals surface area contributed by atoms with Crippen LogP contribution in [0.15, 0.2) is 0 Å². The first-order chi connectivity index (χ1) is 6.02. The fourth-order valence-corrected chi connectivity index (χ4v) is 2.66. The summed E-state index contributed by atoms with van der Waals surface area (Å²) in [6.07, 6.45) is 1.96. The van der Waals surface area contributed by atoms with Gasteiger partial charge in [-0.2, -0.15) is 0 Å². The summed E-state index contributed by atoms with van der Waals surface area (Å²) in [6, 6.07) is 0. The summed E-state index contributed by atoms with van der Waals surface area (Å²) in [5, 5.41) is 3.02. The lowest BCUT2D eigenvalue weighted by atomic mass is 10.1. The zero-order chi connectivity index (χ0) is 9.90. The second-order valence-corrected chi connectivity index (χ2v) is 6.74. The van der Waals surface area contributed by atoms with Crippen LogP contribution in [0, 0.1) is 5.92 Å². The third kappa shape index (κ3) is 3.27. The Labute approximate surface area is 80.8 Å². The molecule has 3 nitrogen and oxygen atoms in total. The van der Waals surface area contributed by atoms with Gasteiger partial charge in [0.1, 0.15) is 0 Å². The molecule has 4 heteroatoms. The highest BCUT2D eigenvalue weighted by atomic mass is 32.2. The minimum Gasteiger partial charge on any atom is -0.316 e. The van der Waals surface area contributed by atoms with Gasteiger partial charge >= 0.3 is 0 Å². The van der Waals surface area contributed by atoms with Gasteiger partial charge in [0.25, 0.3) is 0 Å². The van der Waals surface area contributed by atoms with Crippen LogP contribution in [0.25, 0.3) is 0 Å². The van der Waals surface area contributed by atoms with Crippen molar-refractivity contribution in [3.63, 3.8) is 0 Å². The van der Waals surface area contributed by atoms with E-state index in [-0.39, 0.29) is 5.25 Å². The third-order valence-corrected chi connectivity index (χ3v) is 4.93. The first kappa shape index (κ1) is 11.0. The average molecular weight is 205 g/mol. The molecule has 0 unspecified atom stereocenters. The molecule has 0 aromatic carbocycles. The van der Waals surface area contributed by atoms with Crippen molar-refractivity contribution in [3.8, 4) is 0 Å². The van der Waals surface area contributed by atoms with Crippen molar-refractivity contribution in [1.29, 1.82) is 0 Å². The Morgan fingerprint density at radius 2 is 2.15 bits per heavy atom. The van der Waals surface area contributed by atoms with Crippen LogP contribution in [0.4, 0.5) is 0 Å². The van der Waals surface area contributed by atoms with E-state index in [0.29, 0.717) is 11.7 Å². The number of hydrogen-bond acceptors (Lipinski definition) is 3. The number of rotatable bonds is 4. The van der Waals surface area contributed by atoms with Crippen LogP contribution in [0.5, 0.6) is 0 Å². The van der Waals surface area contributed by atoms with E-state index in [4.69, 9.17) is 0 Å². The number of sulfone groups is 1. The molecule has 0 bridgehead atoms. The molecule has 1 saturated heterocycles. The van der Waals surface area contributed by atoms with Crippen LogP contribution >= 0.6 is 0 Å². The molecule has 1 aliphatic heterocycles. The molecule has 0 spiro atoms. The molecule has 13 heavy (non-hydrogen) atoms. The summed E-state index contributed by atoms with van der Waals surface area (Å²) in [7, 11) is -2.81. The van der Waals surface area contributed by atoms with Crippen molar-refractivity contribution >= 4 is 9.84 Å². The zero-order valence-corrected chi connectivity index (χ0v) is 9.23. The maximum atomic E-state index is 11.5. The van der Waals surface area contributed by atoms with Crippen LogP contribution in [-0.2, 0) is 9.84 Å². The van der Waals surface area contributed by atoms with E-state index in [0.717, 1.165) is 25.9 Å². The third-order valence-electron chi connectivity index (χ3n) is 2.69. The van der Waals surface area contributed by atoms with Crippen molar-refractivity contribution in [2.75, 3.05) is 18.8 Å². The minimum atomic E-state index is -2.81. The van der Waals surface area contributed by atoms with Crippen molar-refractivity contribution in [3.05, 3.63) is 0 Å². The summed E-state index contributed by atoms with van der Waals surface area (Å²) >= 11 is 0. The molecule has 1 fully saturated rings. The SMILES string of the molecule is CC(C)S(=O)(=O)CC[C@H]1CCNC1. The first-order valence-corrected chi connectivity index (χ1v) is 6.66. The van der Waals surface area contributed by atoms with E-state index in [2.05, 4.69) is 5.32 Å². The van der Waals surface area contributed by atoms with Gasteiger partial charge in [0.15, 0.2) is 9.84 Å². The van der Waals surface area contributed by atoms with E-state index in [1.807, 2.05) is 0 Å². The maximum absolute atomic E-state index is 11.5. The van der Waals surface area contributed by atoms with Gasteiger partial charge in [0, 0.05) is 0 Å². The lowest BCUT2D eigenvalue weighted by Crippen LogP contribution is -2.20. The van der Waals surface area contributed by atoms with Crippen molar-refractivity contribution in [2.24, 2.45) is 5.92 Å². The molecule has 0 amide bonds. The molecule has 1 N–H and O–H groups in total. The van der Waals surface area contributed by atoms with Gasteiger partial charge in [-0.1, -0.05) is 0 Å². The smallest absolute Gasteiger partial charge is 0.152 e. The van der Waals surface area contributed by atoms with Crippen LogP contribution in [0.2, 0.25) is 0 Å². The quantitative estimate of drug-likeness (QED) is 0.739. The normalized spacial score (nSPS) is 24.1. The van der Waals surface area contributed by atoms with Crippen LogP contribution < -0.4 is 5.32 Å². The van der Waals surface area contributed by atoms with E-state index in [9.17, 15) is 8.42 Å². The molecule has 0 saturated carbocycles. The summed E-state index contributed by atoms with van der Waals surface area (Å²) in [4.78, 5) is 0. The molecule has 0 aromatic rings. The molecular weight excluding hydrogens is 186 g/mol. The highest BCUT2D eigenvalue weighted by molar-refractivity contribution is 7.91. The average Bonchev–Trinajstić information content (AvgIpc) is 2.52. The molecule has 0 radical (unpaired) electrons. The minimum absolute atomic E-state index is 0.220. The van der Waals surface area contributed by atoms with Gasteiger partial charge in [-0.25, -0.2) is 8.42 Å².